The van der Waals surface area contributed by atoms with Crippen LogP contribution in [0, 0.1) is 0 Å². The number of rotatable bonds is 4. The van der Waals surface area contributed by atoms with Crippen LogP contribution in [0.5, 0.6) is 5.75 Å². The van der Waals surface area contributed by atoms with Gasteiger partial charge in [-0.1, -0.05) is 39.0 Å². The molecule has 1 N–H and O–H groups in total. The Morgan fingerprint density at radius 3 is 2.58 bits per heavy atom. The summed E-state index contributed by atoms with van der Waals surface area (Å²) in [4.78, 5) is 11.6. The van der Waals surface area contributed by atoms with E-state index in [0.29, 0.717) is 0 Å². The fraction of sp³-hybridized carbons (Fsp3) is 0.533. The topological polar surface area (TPSA) is 47.6 Å². The van der Waals surface area contributed by atoms with E-state index in [-0.39, 0.29) is 24.1 Å². The molecule has 2 rings (SSSR count). The highest BCUT2D eigenvalue weighted by atomic mass is 16.6. The van der Waals surface area contributed by atoms with Crippen molar-refractivity contribution in [3.05, 3.63) is 29.8 Å². The molecule has 0 atom stereocenters. The molecule has 1 fully saturated rings. The zero-order valence-electron chi connectivity index (χ0n) is 11.7. The Balaban J connectivity index is 1.93. The molecule has 1 aliphatic rings. The van der Waals surface area contributed by atoms with Gasteiger partial charge in [0.2, 0.25) is 0 Å². The Bertz CT molecular complexity index is 447. The van der Waals surface area contributed by atoms with E-state index >= 15 is 0 Å². The maximum atomic E-state index is 11.6. The summed E-state index contributed by atoms with van der Waals surface area (Å²) < 4.78 is 10.8. The maximum absolute atomic E-state index is 11.6. The monoisotopic (exact) mass is 263 g/mol. The lowest BCUT2D eigenvalue weighted by Gasteiger charge is -2.27. The van der Waals surface area contributed by atoms with Gasteiger partial charge in [0.05, 0.1) is 0 Å². The van der Waals surface area contributed by atoms with Crippen LogP contribution in [0.15, 0.2) is 24.3 Å². The van der Waals surface area contributed by atoms with E-state index in [1.165, 1.54) is 0 Å². The molecule has 4 heteroatoms. The lowest BCUT2D eigenvalue weighted by molar-refractivity contribution is -0.153. The first-order valence-electron chi connectivity index (χ1n) is 6.59. The van der Waals surface area contributed by atoms with Gasteiger partial charge in [0, 0.05) is 13.1 Å². The first-order valence-corrected chi connectivity index (χ1v) is 6.59. The Morgan fingerprint density at radius 2 is 2.00 bits per heavy atom. The van der Waals surface area contributed by atoms with E-state index in [2.05, 4.69) is 26.1 Å². The number of benzene rings is 1. The second kappa shape index (κ2) is 5.61. The minimum absolute atomic E-state index is 0.00830. The Hall–Kier alpha value is -1.55. The summed E-state index contributed by atoms with van der Waals surface area (Å²) in [6.07, 6.45) is 0.00830. The van der Waals surface area contributed by atoms with E-state index < -0.39 is 0 Å². The summed E-state index contributed by atoms with van der Waals surface area (Å²) in [6.45, 7) is 7.80. The molecule has 0 bridgehead atoms. The number of ether oxygens (including phenoxy) is 2. The van der Waals surface area contributed by atoms with Crippen molar-refractivity contribution >= 4 is 5.97 Å². The number of carbonyl (C=O) groups is 1. The number of carbonyl (C=O) groups excluding carboxylic acids is 1. The van der Waals surface area contributed by atoms with Crippen LogP contribution in [0.4, 0.5) is 0 Å². The standard InChI is InChI=1S/C15H21NO3/c1-15(2,3)12-6-4-5-7-13(12)18-10-14(17)19-11-8-16-9-11/h4-7,11,16H,8-10H2,1-3H3. The third-order valence-corrected chi connectivity index (χ3v) is 3.08. The van der Waals surface area contributed by atoms with Gasteiger partial charge in [-0.15, -0.1) is 0 Å². The van der Waals surface area contributed by atoms with Crippen LogP contribution >= 0.6 is 0 Å². The number of para-hydroxylation sites is 1. The summed E-state index contributed by atoms with van der Waals surface area (Å²) in [5.41, 5.74) is 1.08. The molecule has 0 spiro atoms. The number of nitrogens with one attached hydrogen (secondary N) is 1. The predicted octanol–water partition coefficient (Wildman–Crippen LogP) is 1.88. The Labute approximate surface area is 114 Å². The largest absolute Gasteiger partial charge is 0.482 e. The van der Waals surface area contributed by atoms with Gasteiger partial charge in [0.1, 0.15) is 11.9 Å². The van der Waals surface area contributed by atoms with Crippen LogP contribution in [-0.2, 0) is 14.9 Å². The van der Waals surface area contributed by atoms with E-state index in [9.17, 15) is 4.79 Å². The molecule has 0 aromatic heterocycles. The molecule has 1 saturated heterocycles. The molecule has 1 aliphatic heterocycles. The average molecular weight is 263 g/mol. The van der Waals surface area contributed by atoms with E-state index in [0.717, 1.165) is 24.4 Å². The number of hydrogen-bond donors (Lipinski definition) is 1. The fourth-order valence-electron chi connectivity index (χ4n) is 1.91. The van der Waals surface area contributed by atoms with Crippen molar-refractivity contribution in [2.45, 2.75) is 32.3 Å². The van der Waals surface area contributed by atoms with Gasteiger partial charge in [-0.3, -0.25) is 0 Å². The molecular weight excluding hydrogens is 242 g/mol. The van der Waals surface area contributed by atoms with Gasteiger partial charge in [-0.25, -0.2) is 4.79 Å². The first-order chi connectivity index (χ1) is 8.97. The molecule has 104 valence electrons. The molecule has 0 aliphatic carbocycles. The molecule has 1 aromatic rings. The SMILES string of the molecule is CC(C)(C)c1ccccc1OCC(=O)OC1CNC1. The summed E-state index contributed by atoms with van der Waals surface area (Å²) >= 11 is 0. The van der Waals surface area contributed by atoms with E-state index in [1.807, 2.05) is 24.3 Å². The van der Waals surface area contributed by atoms with Crippen LogP contribution < -0.4 is 10.1 Å². The summed E-state index contributed by atoms with van der Waals surface area (Å²) in [5.74, 6) is 0.439. The fourth-order valence-corrected chi connectivity index (χ4v) is 1.91. The summed E-state index contributed by atoms with van der Waals surface area (Å²) in [6, 6.07) is 7.80. The quantitative estimate of drug-likeness (QED) is 0.843. The first kappa shape index (κ1) is 13.9. The Morgan fingerprint density at radius 1 is 1.32 bits per heavy atom. The minimum atomic E-state index is -0.310. The zero-order chi connectivity index (χ0) is 13.9. The van der Waals surface area contributed by atoms with Gasteiger partial charge >= 0.3 is 5.97 Å². The van der Waals surface area contributed by atoms with Crippen molar-refractivity contribution in [2.24, 2.45) is 0 Å². The predicted molar refractivity (Wildman–Crippen MR) is 73.4 cm³/mol. The molecule has 1 heterocycles. The van der Waals surface area contributed by atoms with Crippen LogP contribution in [0.25, 0.3) is 0 Å². The normalized spacial score (nSPS) is 15.7. The van der Waals surface area contributed by atoms with Crippen LogP contribution in [0.3, 0.4) is 0 Å². The van der Waals surface area contributed by atoms with Gasteiger partial charge < -0.3 is 14.8 Å². The highest BCUT2D eigenvalue weighted by Gasteiger charge is 2.22. The highest BCUT2D eigenvalue weighted by molar-refractivity contribution is 5.71. The van der Waals surface area contributed by atoms with Crippen molar-refractivity contribution in [2.75, 3.05) is 19.7 Å². The second-order valence-electron chi connectivity index (χ2n) is 5.80. The van der Waals surface area contributed by atoms with E-state index in [4.69, 9.17) is 9.47 Å². The smallest absolute Gasteiger partial charge is 0.344 e. The van der Waals surface area contributed by atoms with E-state index in [1.54, 1.807) is 0 Å². The van der Waals surface area contributed by atoms with Crippen molar-refractivity contribution < 1.29 is 14.3 Å². The van der Waals surface area contributed by atoms with Crippen LogP contribution in [0.2, 0.25) is 0 Å². The summed E-state index contributed by atoms with van der Waals surface area (Å²) in [5, 5.41) is 3.05. The highest BCUT2D eigenvalue weighted by Crippen LogP contribution is 2.30. The maximum Gasteiger partial charge on any atom is 0.344 e. The molecule has 0 unspecified atom stereocenters. The minimum Gasteiger partial charge on any atom is -0.482 e. The van der Waals surface area contributed by atoms with Gasteiger partial charge in [-0.2, -0.15) is 0 Å². The number of esters is 1. The van der Waals surface area contributed by atoms with Gasteiger partial charge in [0.25, 0.3) is 0 Å². The molecule has 0 amide bonds. The van der Waals surface area contributed by atoms with Gasteiger partial charge in [0.15, 0.2) is 6.61 Å². The third-order valence-electron chi connectivity index (χ3n) is 3.08. The van der Waals surface area contributed by atoms with Crippen LogP contribution in [-0.4, -0.2) is 31.8 Å². The van der Waals surface area contributed by atoms with Gasteiger partial charge in [-0.05, 0) is 17.0 Å². The molecule has 0 radical (unpaired) electrons. The lowest BCUT2D eigenvalue weighted by atomic mass is 9.86. The third kappa shape index (κ3) is 3.70. The molecule has 1 aromatic carbocycles. The second-order valence-corrected chi connectivity index (χ2v) is 5.80. The molecule has 0 saturated carbocycles. The van der Waals surface area contributed by atoms with Crippen LogP contribution in [0.1, 0.15) is 26.3 Å². The van der Waals surface area contributed by atoms with Crippen molar-refractivity contribution in [1.82, 2.24) is 5.32 Å². The lowest BCUT2D eigenvalue weighted by Crippen LogP contribution is -2.49. The molecule has 4 nitrogen and oxygen atoms in total. The van der Waals surface area contributed by atoms with Crippen molar-refractivity contribution in [1.29, 1.82) is 0 Å². The summed E-state index contributed by atoms with van der Waals surface area (Å²) in [7, 11) is 0. The molecular formula is C15H21NO3. The number of hydrogen-bond acceptors (Lipinski definition) is 4. The Kier molecular flexibility index (Phi) is 4.10. The zero-order valence-corrected chi connectivity index (χ0v) is 11.7. The van der Waals surface area contributed by atoms with Crippen molar-refractivity contribution in [3.8, 4) is 5.75 Å². The molecule has 19 heavy (non-hydrogen) atoms. The average Bonchev–Trinajstić information content (AvgIpc) is 2.30. The van der Waals surface area contributed by atoms with Crippen molar-refractivity contribution in [3.63, 3.8) is 0 Å².